The fourth-order valence-corrected chi connectivity index (χ4v) is 2.95. The first-order valence-corrected chi connectivity index (χ1v) is 6.98. The summed E-state index contributed by atoms with van der Waals surface area (Å²) in [6.45, 7) is 1.12. The smallest absolute Gasteiger partial charge is 0.120 e. The largest absolute Gasteiger partial charge is 0.497 e. The molecule has 1 aliphatic heterocycles. The number of hydrogen-bond donors (Lipinski definition) is 1. The van der Waals surface area contributed by atoms with Crippen LogP contribution in [0.4, 0.5) is 0 Å². The van der Waals surface area contributed by atoms with Crippen LogP contribution in [-0.4, -0.2) is 19.7 Å². The average Bonchev–Trinajstić information content (AvgIpc) is 2.94. The third kappa shape index (κ3) is 2.67. The molecule has 98 valence electrons. The zero-order valence-electron chi connectivity index (χ0n) is 11.3. The molecule has 3 rings (SSSR count). The predicted octanol–water partition coefficient (Wildman–Crippen LogP) is 2.89. The summed E-state index contributed by atoms with van der Waals surface area (Å²) in [6.07, 6.45) is 4.85. The van der Waals surface area contributed by atoms with Crippen molar-refractivity contribution in [2.24, 2.45) is 0 Å². The van der Waals surface area contributed by atoms with Crippen molar-refractivity contribution in [3.63, 3.8) is 0 Å². The number of nitrogens with one attached hydrogen (secondary N) is 1. The predicted molar refractivity (Wildman–Crippen MR) is 77.2 cm³/mol. The number of rotatable bonds is 1. The Morgan fingerprint density at radius 1 is 1.26 bits per heavy atom. The molecule has 1 saturated heterocycles. The minimum absolute atomic E-state index is 0.600. The Kier molecular flexibility index (Phi) is 3.57. The van der Waals surface area contributed by atoms with Gasteiger partial charge in [0, 0.05) is 17.2 Å². The maximum atomic E-state index is 5.23. The SMILES string of the molecule is COc1cccc(C#CC2=C3CCNC3CCC2)c1. The van der Waals surface area contributed by atoms with Crippen LogP contribution in [-0.2, 0) is 0 Å². The molecule has 0 aromatic heterocycles. The average molecular weight is 253 g/mol. The molecule has 1 aromatic carbocycles. The zero-order chi connectivity index (χ0) is 13.1. The quantitative estimate of drug-likeness (QED) is 0.777. The van der Waals surface area contributed by atoms with E-state index in [0.717, 1.165) is 24.3 Å². The van der Waals surface area contributed by atoms with Crippen molar-refractivity contribution in [2.45, 2.75) is 31.7 Å². The molecule has 1 atom stereocenters. The number of fused-ring (bicyclic) bond motifs is 1. The van der Waals surface area contributed by atoms with Gasteiger partial charge in [0.25, 0.3) is 0 Å². The molecular formula is C17H19NO. The Balaban J connectivity index is 1.86. The maximum absolute atomic E-state index is 5.23. The van der Waals surface area contributed by atoms with Crippen molar-refractivity contribution in [3.8, 4) is 17.6 Å². The third-order valence-corrected chi connectivity index (χ3v) is 3.94. The van der Waals surface area contributed by atoms with Gasteiger partial charge in [0.1, 0.15) is 5.75 Å². The Labute approximate surface area is 114 Å². The second-order valence-corrected chi connectivity index (χ2v) is 5.13. The molecule has 0 bridgehead atoms. The molecule has 1 N–H and O–H groups in total. The van der Waals surface area contributed by atoms with Crippen LogP contribution in [0.15, 0.2) is 35.4 Å². The van der Waals surface area contributed by atoms with Gasteiger partial charge >= 0.3 is 0 Å². The molecule has 19 heavy (non-hydrogen) atoms. The molecule has 1 heterocycles. The molecule has 2 heteroatoms. The molecule has 0 spiro atoms. The van der Waals surface area contributed by atoms with Crippen molar-refractivity contribution in [1.29, 1.82) is 0 Å². The van der Waals surface area contributed by atoms with E-state index >= 15 is 0 Å². The first-order valence-electron chi connectivity index (χ1n) is 6.98. The topological polar surface area (TPSA) is 21.3 Å². The Morgan fingerprint density at radius 2 is 2.21 bits per heavy atom. The van der Waals surface area contributed by atoms with Crippen molar-refractivity contribution < 1.29 is 4.74 Å². The van der Waals surface area contributed by atoms with E-state index in [9.17, 15) is 0 Å². The minimum atomic E-state index is 0.600. The van der Waals surface area contributed by atoms with Gasteiger partial charge in [0.2, 0.25) is 0 Å². The van der Waals surface area contributed by atoms with Crippen molar-refractivity contribution in [2.75, 3.05) is 13.7 Å². The van der Waals surface area contributed by atoms with Crippen LogP contribution in [0.5, 0.6) is 5.75 Å². The Hall–Kier alpha value is -1.72. The summed E-state index contributed by atoms with van der Waals surface area (Å²) in [5, 5.41) is 3.56. The number of benzene rings is 1. The fourth-order valence-electron chi connectivity index (χ4n) is 2.95. The molecule has 2 aliphatic rings. The van der Waals surface area contributed by atoms with E-state index in [2.05, 4.69) is 17.2 Å². The summed E-state index contributed by atoms with van der Waals surface area (Å²) in [6, 6.07) is 8.56. The molecule has 0 amide bonds. The molecule has 0 radical (unpaired) electrons. The van der Waals surface area contributed by atoms with Gasteiger partial charge in [-0.15, -0.1) is 0 Å². The lowest BCUT2D eigenvalue weighted by Crippen LogP contribution is -2.25. The molecule has 1 aromatic rings. The van der Waals surface area contributed by atoms with Gasteiger partial charge in [-0.05, 0) is 56.0 Å². The lowest BCUT2D eigenvalue weighted by Gasteiger charge is -2.20. The second-order valence-electron chi connectivity index (χ2n) is 5.13. The van der Waals surface area contributed by atoms with E-state index in [4.69, 9.17) is 4.74 Å². The lowest BCUT2D eigenvalue weighted by molar-refractivity contribution is 0.414. The van der Waals surface area contributed by atoms with E-state index in [1.54, 1.807) is 12.7 Å². The molecule has 1 fully saturated rings. The molecule has 0 saturated carbocycles. The zero-order valence-corrected chi connectivity index (χ0v) is 11.3. The van der Waals surface area contributed by atoms with Crippen LogP contribution >= 0.6 is 0 Å². The van der Waals surface area contributed by atoms with Crippen LogP contribution in [0.3, 0.4) is 0 Å². The molecule has 2 nitrogen and oxygen atoms in total. The highest BCUT2D eigenvalue weighted by molar-refractivity contribution is 5.46. The van der Waals surface area contributed by atoms with Gasteiger partial charge in [-0.1, -0.05) is 17.9 Å². The standard InChI is InChI=1S/C17H19NO/c1-19-15-6-2-4-13(12-15)8-9-14-5-3-7-17-16(14)10-11-18-17/h2,4,6,12,17-18H,3,5,7,10-11H2,1H3. The Morgan fingerprint density at radius 3 is 3.11 bits per heavy atom. The van der Waals surface area contributed by atoms with E-state index in [-0.39, 0.29) is 0 Å². The van der Waals surface area contributed by atoms with Crippen molar-refractivity contribution in [3.05, 3.63) is 41.0 Å². The van der Waals surface area contributed by atoms with Crippen molar-refractivity contribution in [1.82, 2.24) is 5.32 Å². The summed E-state index contributed by atoms with van der Waals surface area (Å²) in [5.41, 5.74) is 3.95. The minimum Gasteiger partial charge on any atom is -0.497 e. The van der Waals surface area contributed by atoms with Crippen LogP contribution in [0.25, 0.3) is 0 Å². The van der Waals surface area contributed by atoms with Gasteiger partial charge in [-0.2, -0.15) is 0 Å². The van der Waals surface area contributed by atoms with Crippen LogP contribution in [0.2, 0.25) is 0 Å². The number of methoxy groups -OCH3 is 1. The van der Waals surface area contributed by atoms with Crippen LogP contribution < -0.4 is 10.1 Å². The van der Waals surface area contributed by atoms with Crippen LogP contribution in [0.1, 0.15) is 31.2 Å². The first-order chi connectivity index (χ1) is 9.36. The van der Waals surface area contributed by atoms with Gasteiger partial charge in [0.15, 0.2) is 0 Å². The summed E-state index contributed by atoms with van der Waals surface area (Å²) in [4.78, 5) is 0. The summed E-state index contributed by atoms with van der Waals surface area (Å²) in [7, 11) is 1.69. The Bertz CT molecular complexity index is 562. The number of hydrogen-bond acceptors (Lipinski definition) is 2. The second kappa shape index (κ2) is 5.50. The third-order valence-electron chi connectivity index (χ3n) is 3.94. The lowest BCUT2D eigenvalue weighted by atomic mass is 9.88. The maximum Gasteiger partial charge on any atom is 0.120 e. The highest BCUT2D eigenvalue weighted by Gasteiger charge is 2.25. The van der Waals surface area contributed by atoms with Gasteiger partial charge in [-0.25, -0.2) is 0 Å². The molecule has 1 aliphatic carbocycles. The van der Waals surface area contributed by atoms with E-state index in [0.29, 0.717) is 6.04 Å². The van der Waals surface area contributed by atoms with E-state index in [1.807, 2.05) is 24.3 Å². The summed E-state index contributed by atoms with van der Waals surface area (Å²) in [5.74, 6) is 7.55. The number of ether oxygens (including phenoxy) is 1. The monoisotopic (exact) mass is 253 g/mol. The van der Waals surface area contributed by atoms with Crippen LogP contribution in [0, 0.1) is 11.8 Å². The molecule has 1 unspecified atom stereocenters. The van der Waals surface area contributed by atoms with Gasteiger partial charge in [0.05, 0.1) is 7.11 Å². The van der Waals surface area contributed by atoms with E-state index in [1.165, 1.54) is 24.8 Å². The van der Waals surface area contributed by atoms with Crippen molar-refractivity contribution >= 4 is 0 Å². The molecular weight excluding hydrogens is 234 g/mol. The van der Waals surface area contributed by atoms with Gasteiger partial charge in [-0.3, -0.25) is 0 Å². The number of allylic oxidation sites excluding steroid dienone is 1. The summed E-state index contributed by atoms with van der Waals surface area (Å²) < 4.78 is 5.23. The normalized spacial score (nSPS) is 21.6. The highest BCUT2D eigenvalue weighted by Crippen LogP contribution is 2.30. The van der Waals surface area contributed by atoms with Gasteiger partial charge < -0.3 is 10.1 Å². The van der Waals surface area contributed by atoms with E-state index < -0.39 is 0 Å². The highest BCUT2D eigenvalue weighted by atomic mass is 16.5. The summed E-state index contributed by atoms with van der Waals surface area (Å²) >= 11 is 0. The first kappa shape index (κ1) is 12.3. The fraction of sp³-hybridized carbons (Fsp3) is 0.412.